The van der Waals surface area contributed by atoms with Gasteiger partial charge in [0, 0.05) is 29.6 Å². The fourth-order valence-electron chi connectivity index (χ4n) is 3.78. The predicted molar refractivity (Wildman–Crippen MR) is 126 cm³/mol. The molecular formula is C25H21FN2O5S. The van der Waals surface area contributed by atoms with Crippen molar-refractivity contribution < 1.29 is 22.3 Å². The first-order chi connectivity index (χ1) is 16.1. The number of carbonyl (C=O) groups excluding carboxylic acids is 1. The van der Waals surface area contributed by atoms with Crippen LogP contribution in [-0.4, -0.2) is 37.3 Å². The SMILES string of the molecule is COC(=O)c1c(Cc2ccc(S(C)(=O)=O)cc2)c(=O)c2ccc(C)nc2n1-c1ccc(F)cc1. The quantitative estimate of drug-likeness (QED) is 0.405. The van der Waals surface area contributed by atoms with E-state index in [-0.39, 0.29) is 33.6 Å². The van der Waals surface area contributed by atoms with Crippen LogP contribution in [0, 0.1) is 12.7 Å². The normalized spacial score (nSPS) is 11.5. The molecule has 0 bridgehead atoms. The molecule has 0 atom stereocenters. The Balaban J connectivity index is 2.04. The molecule has 9 heteroatoms. The second-order valence-electron chi connectivity index (χ2n) is 7.88. The number of halogens is 1. The number of fused-ring (bicyclic) bond motifs is 1. The summed E-state index contributed by atoms with van der Waals surface area (Å²) in [6, 6.07) is 14.9. The Bertz CT molecular complexity index is 1580. The van der Waals surface area contributed by atoms with E-state index in [1.54, 1.807) is 31.2 Å². The highest BCUT2D eigenvalue weighted by atomic mass is 32.2. The number of hydrogen-bond donors (Lipinski definition) is 0. The number of methoxy groups -OCH3 is 1. The molecule has 2 aromatic carbocycles. The molecule has 0 saturated carbocycles. The number of esters is 1. The van der Waals surface area contributed by atoms with E-state index in [1.165, 1.54) is 48.1 Å². The third-order valence-corrected chi connectivity index (χ3v) is 6.58. The molecule has 174 valence electrons. The summed E-state index contributed by atoms with van der Waals surface area (Å²) in [6.07, 6.45) is 1.15. The van der Waals surface area contributed by atoms with Gasteiger partial charge in [-0.2, -0.15) is 0 Å². The molecule has 0 unspecified atom stereocenters. The van der Waals surface area contributed by atoms with E-state index >= 15 is 0 Å². The van der Waals surface area contributed by atoms with Crippen molar-refractivity contribution in [3.63, 3.8) is 0 Å². The molecule has 4 rings (SSSR count). The second-order valence-corrected chi connectivity index (χ2v) is 9.89. The van der Waals surface area contributed by atoms with Gasteiger partial charge < -0.3 is 4.74 Å². The zero-order chi connectivity index (χ0) is 24.6. The Morgan fingerprint density at radius 1 is 1.03 bits per heavy atom. The third-order valence-electron chi connectivity index (χ3n) is 5.45. The van der Waals surface area contributed by atoms with Crippen LogP contribution >= 0.6 is 0 Å². The molecular weight excluding hydrogens is 459 g/mol. The molecule has 0 radical (unpaired) electrons. The van der Waals surface area contributed by atoms with E-state index in [0.717, 1.165) is 6.26 Å². The lowest BCUT2D eigenvalue weighted by Crippen LogP contribution is -2.25. The van der Waals surface area contributed by atoms with Gasteiger partial charge in [0.15, 0.2) is 15.3 Å². The van der Waals surface area contributed by atoms with E-state index in [9.17, 15) is 22.4 Å². The van der Waals surface area contributed by atoms with E-state index in [4.69, 9.17) is 4.74 Å². The number of ether oxygens (including phenoxy) is 1. The van der Waals surface area contributed by atoms with Crippen LogP contribution in [0.3, 0.4) is 0 Å². The Kier molecular flexibility index (Phi) is 6.05. The number of rotatable bonds is 5. The maximum absolute atomic E-state index is 13.6. The standard InChI is InChI=1S/C25H21FN2O5S/c1-15-4-13-20-23(29)21(14-16-5-11-19(12-6-16)34(3,31)32)22(25(30)33-2)28(24(20)27-15)18-9-7-17(26)8-10-18/h4-13H,14H2,1-3H3. The van der Waals surface area contributed by atoms with Crippen LogP contribution in [0.5, 0.6) is 0 Å². The van der Waals surface area contributed by atoms with Gasteiger partial charge in [-0.15, -0.1) is 0 Å². The van der Waals surface area contributed by atoms with Crippen LogP contribution in [-0.2, 0) is 21.0 Å². The number of aryl methyl sites for hydroxylation is 1. The van der Waals surface area contributed by atoms with Crippen LogP contribution in [0.4, 0.5) is 4.39 Å². The summed E-state index contributed by atoms with van der Waals surface area (Å²) < 4.78 is 43.7. The van der Waals surface area contributed by atoms with Crippen LogP contribution < -0.4 is 5.43 Å². The highest BCUT2D eigenvalue weighted by Crippen LogP contribution is 2.24. The minimum Gasteiger partial charge on any atom is -0.464 e. The van der Waals surface area contributed by atoms with Gasteiger partial charge in [0.25, 0.3) is 0 Å². The summed E-state index contributed by atoms with van der Waals surface area (Å²) in [4.78, 5) is 31.2. The fraction of sp³-hybridized carbons (Fsp3) is 0.160. The second kappa shape index (κ2) is 8.83. The maximum Gasteiger partial charge on any atom is 0.355 e. The average molecular weight is 481 g/mol. The van der Waals surface area contributed by atoms with Gasteiger partial charge in [0.2, 0.25) is 0 Å². The van der Waals surface area contributed by atoms with E-state index in [2.05, 4.69) is 4.98 Å². The van der Waals surface area contributed by atoms with Crippen molar-refractivity contribution in [1.29, 1.82) is 0 Å². The summed E-state index contributed by atoms with van der Waals surface area (Å²) in [6.45, 7) is 1.76. The molecule has 0 aliphatic carbocycles. The number of nitrogens with zero attached hydrogens (tertiary/aromatic N) is 2. The summed E-state index contributed by atoms with van der Waals surface area (Å²) in [5.74, 6) is -1.21. The average Bonchev–Trinajstić information content (AvgIpc) is 2.80. The number of aromatic nitrogens is 2. The van der Waals surface area contributed by atoms with Gasteiger partial charge in [-0.3, -0.25) is 9.36 Å². The number of sulfone groups is 1. The molecule has 2 heterocycles. The Labute approximate surface area is 195 Å². The van der Waals surface area contributed by atoms with Crippen molar-refractivity contribution >= 4 is 26.8 Å². The van der Waals surface area contributed by atoms with Crippen molar-refractivity contribution in [2.24, 2.45) is 0 Å². The van der Waals surface area contributed by atoms with Crippen molar-refractivity contribution in [1.82, 2.24) is 9.55 Å². The number of benzene rings is 2. The molecule has 4 aromatic rings. The molecule has 0 N–H and O–H groups in total. The monoisotopic (exact) mass is 480 g/mol. The first-order valence-electron chi connectivity index (χ1n) is 10.3. The molecule has 0 amide bonds. The molecule has 0 fully saturated rings. The lowest BCUT2D eigenvalue weighted by molar-refractivity contribution is 0.0590. The van der Waals surface area contributed by atoms with Crippen LogP contribution in [0.1, 0.15) is 27.3 Å². The lowest BCUT2D eigenvalue weighted by Gasteiger charge is -2.19. The zero-order valence-electron chi connectivity index (χ0n) is 18.7. The number of pyridine rings is 2. The highest BCUT2D eigenvalue weighted by Gasteiger charge is 2.25. The van der Waals surface area contributed by atoms with E-state index < -0.39 is 27.1 Å². The van der Waals surface area contributed by atoms with E-state index in [1.807, 2.05) is 0 Å². The van der Waals surface area contributed by atoms with Gasteiger partial charge in [0.05, 0.1) is 17.4 Å². The largest absolute Gasteiger partial charge is 0.464 e. The Morgan fingerprint density at radius 2 is 1.68 bits per heavy atom. The van der Waals surface area contributed by atoms with Gasteiger partial charge in [-0.25, -0.2) is 22.6 Å². The van der Waals surface area contributed by atoms with Gasteiger partial charge >= 0.3 is 5.97 Å². The summed E-state index contributed by atoms with van der Waals surface area (Å²) in [7, 11) is -2.18. The predicted octanol–water partition coefficient (Wildman–Crippen LogP) is 3.61. The van der Waals surface area contributed by atoms with E-state index in [0.29, 0.717) is 16.9 Å². The lowest BCUT2D eigenvalue weighted by atomic mass is 10.00. The molecule has 0 aliphatic heterocycles. The van der Waals surface area contributed by atoms with Crippen molar-refractivity contribution in [2.75, 3.05) is 13.4 Å². The first kappa shape index (κ1) is 23.3. The van der Waals surface area contributed by atoms with Gasteiger partial charge in [-0.1, -0.05) is 12.1 Å². The van der Waals surface area contributed by atoms with Gasteiger partial charge in [-0.05, 0) is 61.0 Å². The van der Waals surface area contributed by atoms with Crippen molar-refractivity contribution in [3.05, 3.63) is 99.2 Å². The Hall–Kier alpha value is -3.85. The summed E-state index contributed by atoms with van der Waals surface area (Å²) >= 11 is 0. The summed E-state index contributed by atoms with van der Waals surface area (Å²) in [5.41, 5.74) is 1.65. The smallest absolute Gasteiger partial charge is 0.355 e. The summed E-state index contributed by atoms with van der Waals surface area (Å²) in [5, 5.41) is 0.283. The third kappa shape index (κ3) is 4.34. The fourth-order valence-corrected chi connectivity index (χ4v) is 4.41. The minimum atomic E-state index is -3.38. The molecule has 7 nitrogen and oxygen atoms in total. The topological polar surface area (TPSA) is 95.3 Å². The number of carbonyl (C=O) groups is 1. The number of hydrogen-bond acceptors (Lipinski definition) is 6. The van der Waals surface area contributed by atoms with Crippen LogP contribution in [0.2, 0.25) is 0 Å². The van der Waals surface area contributed by atoms with Crippen molar-refractivity contribution in [2.45, 2.75) is 18.2 Å². The van der Waals surface area contributed by atoms with Gasteiger partial charge in [0.1, 0.15) is 17.2 Å². The zero-order valence-corrected chi connectivity index (χ0v) is 19.5. The minimum absolute atomic E-state index is 0.0307. The Morgan fingerprint density at radius 3 is 2.26 bits per heavy atom. The first-order valence-corrected chi connectivity index (χ1v) is 12.2. The molecule has 0 saturated heterocycles. The van der Waals surface area contributed by atoms with Crippen LogP contribution in [0.15, 0.2) is 70.4 Å². The maximum atomic E-state index is 13.6. The molecule has 0 spiro atoms. The molecule has 0 aliphatic rings. The molecule has 34 heavy (non-hydrogen) atoms. The highest BCUT2D eigenvalue weighted by molar-refractivity contribution is 7.90. The molecule has 2 aromatic heterocycles. The van der Waals surface area contributed by atoms with Crippen LogP contribution in [0.25, 0.3) is 16.7 Å². The van der Waals surface area contributed by atoms with Crippen molar-refractivity contribution in [3.8, 4) is 5.69 Å².